The predicted octanol–water partition coefficient (Wildman–Crippen LogP) is 2.52. The SMILES string of the molecule is CCC(COC)NC1=NC(C(C)C)CCS1. The third-order valence-electron chi connectivity index (χ3n) is 2.89. The molecular formula is C12H24N2OS. The van der Waals surface area contributed by atoms with Crippen LogP contribution in [0.2, 0.25) is 0 Å². The zero-order chi connectivity index (χ0) is 12.0. The lowest BCUT2D eigenvalue weighted by Gasteiger charge is -2.26. The Balaban J connectivity index is 2.51. The molecule has 1 rings (SSSR count). The summed E-state index contributed by atoms with van der Waals surface area (Å²) in [5.41, 5.74) is 0. The van der Waals surface area contributed by atoms with Gasteiger partial charge in [-0.25, -0.2) is 0 Å². The van der Waals surface area contributed by atoms with Gasteiger partial charge < -0.3 is 10.1 Å². The maximum Gasteiger partial charge on any atom is 0.157 e. The minimum Gasteiger partial charge on any atom is -0.383 e. The highest BCUT2D eigenvalue weighted by Gasteiger charge is 2.19. The molecule has 0 fully saturated rings. The Morgan fingerprint density at radius 2 is 2.31 bits per heavy atom. The average molecular weight is 244 g/mol. The molecule has 0 bridgehead atoms. The molecule has 0 radical (unpaired) electrons. The van der Waals surface area contributed by atoms with E-state index >= 15 is 0 Å². The largest absolute Gasteiger partial charge is 0.383 e. The number of methoxy groups -OCH3 is 1. The predicted molar refractivity (Wildman–Crippen MR) is 72.2 cm³/mol. The summed E-state index contributed by atoms with van der Waals surface area (Å²) in [5.74, 6) is 1.82. The number of ether oxygens (including phenoxy) is 1. The molecule has 0 aromatic carbocycles. The first-order valence-electron chi connectivity index (χ1n) is 6.13. The Morgan fingerprint density at radius 3 is 2.88 bits per heavy atom. The first-order valence-corrected chi connectivity index (χ1v) is 7.12. The van der Waals surface area contributed by atoms with Crippen molar-refractivity contribution in [3.63, 3.8) is 0 Å². The molecule has 1 aliphatic rings. The van der Waals surface area contributed by atoms with E-state index in [2.05, 4.69) is 26.1 Å². The van der Waals surface area contributed by atoms with Crippen LogP contribution in [0, 0.1) is 5.92 Å². The number of hydrogen-bond acceptors (Lipinski definition) is 4. The van der Waals surface area contributed by atoms with Crippen LogP contribution in [0.15, 0.2) is 4.99 Å². The molecule has 1 heterocycles. The molecule has 0 aromatic rings. The summed E-state index contributed by atoms with van der Waals surface area (Å²) in [6, 6.07) is 0.881. The van der Waals surface area contributed by atoms with Crippen molar-refractivity contribution in [2.45, 2.75) is 45.7 Å². The van der Waals surface area contributed by atoms with E-state index in [9.17, 15) is 0 Å². The van der Waals surface area contributed by atoms with Gasteiger partial charge in [-0.05, 0) is 18.8 Å². The number of hydrogen-bond donors (Lipinski definition) is 1. The molecule has 4 heteroatoms. The normalized spacial score (nSPS) is 23.1. The van der Waals surface area contributed by atoms with E-state index in [0.717, 1.165) is 18.2 Å². The molecule has 2 atom stereocenters. The third-order valence-corrected chi connectivity index (χ3v) is 3.83. The number of nitrogens with one attached hydrogen (secondary N) is 1. The second-order valence-electron chi connectivity index (χ2n) is 4.59. The maximum absolute atomic E-state index is 5.18. The molecule has 0 saturated carbocycles. The lowest BCUT2D eigenvalue weighted by molar-refractivity contribution is 0.172. The fourth-order valence-corrected chi connectivity index (χ4v) is 2.74. The van der Waals surface area contributed by atoms with Crippen LogP contribution in [-0.2, 0) is 4.74 Å². The standard InChI is InChI=1S/C12H24N2OS/c1-5-10(8-15-4)13-12-14-11(9(2)3)6-7-16-12/h9-11H,5-8H2,1-4H3,(H,13,14). The number of aliphatic imine (C=N–C) groups is 1. The summed E-state index contributed by atoms with van der Waals surface area (Å²) >= 11 is 1.84. The van der Waals surface area contributed by atoms with Crippen LogP contribution in [0.4, 0.5) is 0 Å². The quantitative estimate of drug-likeness (QED) is 0.807. The van der Waals surface area contributed by atoms with Gasteiger partial charge in [-0.15, -0.1) is 0 Å². The summed E-state index contributed by atoms with van der Waals surface area (Å²) < 4.78 is 5.18. The molecule has 1 N–H and O–H groups in total. The number of rotatable bonds is 5. The molecular weight excluding hydrogens is 220 g/mol. The van der Waals surface area contributed by atoms with Crippen LogP contribution in [0.5, 0.6) is 0 Å². The lowest BCUT2D eigenvalue weighted by atomic mass is 10.0. The monoisotopic (exact) mass is 244 g/mol. The number of nitrogens with zero attached hydrogens (tertiary/aromatic N) is 1. The molecule has 16 heavy (non-hydrogen) atoms. The van der Waals surface area contributed by atoms with Crippen LogP contribution in [0.25, 0.3) is 0 Å². The second-order valence-corrected chi connectivity index (χ2v) is 5.67. The summed E-state index contributed by atoms with van der Waals surface area (Å²) in [6.07, 6.45) is 2.27. The molecule has 94 valence electrons. The molecule has 0 amide bonds. The summed E-state index contributed by atoms with van der Waals surface area (Å²) in [7, 11) is 1.75. The van der Waals surface area contributed by atoms with Gasteiger partial charge in [-0.1, -0.05) is 32.5 Å². The van der Waals surface area contributed by atoms with Gasteiger partial charge in [0.05, 0.1) is 18.7 Å². The Kier molecular flexibility index (Phi) is 6.21. The van der Waals surface area contributed by atoms with E-state index in [1.165, 1.54) is 12.2 Å². The Morgan fingerprint density at radius 1 is 1.56 bits per heavy atom. The smallest absolute Gasteiger partial charge is 0.157 e. The molecule has 2 unspecified atom stereocenters. The van der Waals surface area contributed by atoms with Crippen molar-refractivity contribution in [3.8, 4) is 0 Å². The van der Waals surface area contributed by atoms with Crippen LogP contribution in [0.1, 0.15) is 33.6 Å². The van der Waals surface area contributed by atoms with E-state index in [4.69, 9.17) is 9.73 Å². The zero-order valence-electron chi connectivity index (χ0n) is 10.8. The van der Waals surface area contributed by atoms with Crippen molar-refractivity contribution in [1.29, 1.82) is 0 Å². The van der Waals surface area contributed by atoms with Gasteiger partial charge >= 0.3 is 0 Å². The minimum atomic E-state index is 0.391. The maximum atomic E-state index is 5.18. The van der Waals surface area contributed by atoms with Gasteiger partial charge in [-0.3, -0.25) is 4.99 Å². The topological polar surface area (TPSA) is 33.6 Å². The van der Waals surface area contributed by atoms with Crippen LogP contribution in [-0.4, -0.2) is 36.7 Å². The van der Waals surface area contributed by atoms with Gasteiger partial charge in [0, 0.05) is 12.9 Å². The average Bonchev–Trinajstić information content (AvgIpc) is 2.29. The highest BCUT2D eigenvalue weighted by Crippen LogP contribution is 2.21. The first kappa shape index (κ1) is 13.8. The van der Waals surface area contributed by atoms with Gasteiger partial charge in [0.25, 0.3) is 0 Å². The third kappa shape index (κ3) is 4.34. The molecule has 0 aromatic heterocycles. The van der Waals surface area contributed by atoms with Crippen LogP contribution < -0.4 is 5.32 Å². The summed E-state index contributed by atoms with van der Waals surface area (Å²) in [6.45, 7) is 7.41. The minimum absolute atomic E-state index is 0.391. The fraction of sp³-hybridized carbons (Fsp3) is 0.917. The zero-order valence-corrected chi connectivity index (χ0v) is 11.6. The number of thioether (sulfide) groups is 1. The van der Waals surface area contributed by atoms with Crippen molar-refractivity contribution in [3.05, 3.63) is 0 Å². The highest BCUT2D eigenvalue weighted by atomic mass is 32.2. The van der Waals surface area contributed by atoms with Crippen molar-refractivity contribution in [2.24, 2.45) is 10.9 Å². The molecule has 1 aliphatic heterocycles. The van der Waals surface area contributed by atoms with E-state index in [0.29, 0.717) is 18.0 Å². The Bertz CT molecular complexity index is 231. The fourth-order valence-electron chi connectivity index (χ4n) is 1.73. The second kappa shape index (κ2) is 7.17. The van der Waals surface area contributed by atoms with Gasteiger partial charge in [0.1, 0.15) is 0 Å². The lowest BCUT2D eigenvalue weighted by Crippen LogP contribution is -2.38. The molecule has 0 saturated heterocycles. The summed E-state index contributed by atoms with van der Waals surface area (Å²) in [5, 5.41) is 4.58. The van der Waals surface area contributed by atoms with Crippen molar-refractivity contribution in [1.82, 2.24) is 5.32 Å². The van der Waals surface area contributed by atoms with Gasteiger partial charge in [-0.2, -0.15) is 0 Å². The molecule has 0 aliphatic carbocycles. The van der Waals surface area contributed by atoms with Crippen molar-refractivity contribution in [2.75, 3.05) is 19.5 Å². The summed E-state index contributed by atoms with van der Waals surface area (Å²) in [4.78, 5) is 4.76. The molecule has 3 nitrogen and oxygen atoms in total. The van der Waals surface area contributed by atoms with E-state index in [1.807, 2.05) is 11.8 Å². The van der Waals surface area contributed by atoms with E-state index < -0.39 is 0 Å². The van der Waals surface area contributed by atoms with Gasteiger partial charge in [0.15, 0.2) is 5.17 Å². The van der Waals surface area contributed by atoms with Crippen molar-refractivity contribution >= 4 is 16.9 Å². The van der Waals surface area contributed by atoms with Crippen LogP contribution >= 0.6 is 11.8 Å². The van der Waals surface area contributed by atoms with E-state index in [1.54, 1.807) is 7.11 Å². The molecule has 0 spiro atoms. The van der Waals surface area contributed by atoms with Crippen LogP contribution in [0.3, 0.4) is 0 Å². The Labute approximate surface area is 103 Å². The van der Waals surface area contributed by atoms with E-state index in [-0.39, 0.29) is 0 Å². The van der Waals surface area contributed by atoms with Crippen molar-refractivity contribution < 1.29 is 4.74 Å². The van der Waals surface area contributed by atoms with Gasteiger partial charge in [0.2, 0.25) is 0 Å². The highest BCUT2D eigenvalue weighted by molar-refractivity contribution is 8.13. The Hall–Kier alpha value is -0.220. The first-order chi connectivity index (χ1) is 7.67. The number of amidine groups is 1.